The second kappa shape index (κ2) is 44.9. The fourth-order valence-electron chi connectivity index (χ4n) is 15.7. The zero-order valence-corrected chi connectivity index (χ0v) is 69.1. The van der Waals surface area contributed by atoms with Gasteiger partial charge < -0.3 is 13.6 Å². The summed E-state index contributed by atoms with van der Waals surface area (Å²) in [5, 5.41) is 0. The molecular weight excluding hydrogens is 1300 g/mol. The van der Waals surface area contributed by atoms with E-state index in [9.17, 15) is 0 Å². The number of benzene rings is 9. The minimum atomic E-state index is -2.35. The van der Waals surface area contributed by atoms with Crippen LogP contribution < -0.4 is 13.6 Å². The average molecular weight is 1440 g/mol. The maximum atomic E-state index is 8.19. The third kappa shape index (κ3) is 22.9. The second-order valence-electron chi connectivity index (χ2n) is 30.7. The van der Waals surface area contributed by atoms with Gasteiger partial charge in [0.1, 0.15) is 17.2 Å². The molecule has 0 bridgehead atoms. The van der Waals surface area contributed by atoms with Gasteiger partial charge in [0.25, 0.3) is 0 Å². The van der Waals surface area contributed by atoms with Crippen molar-refractivity contribution in [2.45, 2.75) is 314 Å². The summed E-state index contributed by atoms with van der Waals surface area (Å²) in [6, 6.07) is 65.1. The Kier molecular flexibility index (Phi) is 35.1. The molecule has 0 amide bonds. The van der Waals surface area contributed by atoms with Crippen LogP contribution in [0.5, 0.6) is 17.2 Å². The molecule has 9 aromatic carbocycles. The monoisotopic (exact) mass is 1440 g/mol. The zero-order chi connectivity index (χ0) is 74.8. The molecular formula is C102H135O3P. The van der Waals surface area contributed by atoms with Crippen molar-refractivity contribution in [2.24, 2.45) is 0 Å². The fourth-order valence-corrected chi connectivity index (χ4v) is 16.7. The molecule has 0 aromatic heterocycles. The van der Waals surface area contributed by atoms with Crippen LogP contribution in [0.25, 0.3) is 66.8 Å². The van der Waals surface area contributed by atoms with Crippen molar-refractivity contribution in [2.75, 3.05) is 0 Å². The van der Waals surface area contributed by atoms with E-state index in [0.29, 0.717) is 0 Å². The highest BCUT2D eigenvalue weighted by molar-refractivity contribution is 7.43. The first-order valence-corrected chi connectivity index (χ1v) is 44.1. The Hall–Kier alpha value is -7.19. The highest BCUT2D eigenvalue weighted by Crippen LogP contribution is 2.55. The normalized spacial score (nSPS) is 11.5. The summed E-state index contributed by atoms with van der Waals surface area (Å²) in [7, 11) is -2.35. The lowest BCUT2D eigenvalue weighted by Crippen LogP contribution is -2.07. The van der Waals surface area contributed by atoms with Gasteiger partial charge in [0.2, 0.25) is 0 Å². The van der Waals surface area contributed by atoms with Crippen LogP contribution >= 0.6 is 8.60 Å². The van der Waals surface area contributed by atoms with Crippen molar-refractivity contribution >= 4 is 8.60 Å². The van der Waals surface area contributed by atoms with Crippen molar-refractivity contribution < 1.29 is 13.6 Å². The molecule has 3 nitrogen and oxygen atoms in total. The van der Waals surface area contributed by atoms with Crippen molar-refractivity contribution in [3.05, 3.63) is 231 Å². The van der Waals surface area contributed by atoms with Gasteiger partial charge >= 0.3 is 8.60 Å². The highest BCUT2D eigenvalue weighted by atomic mass is 31.2. The fraction of sp³-hybridized carbons (Fsp3) is 0.471. The van der Waals surface area contributed by atoms with Gasteiger partial charge in [-0.25, -0.2) is 0 Å². The quantitative estimate of drug-likeness (QED) is 0.0356. The zero-order valence-electron chi connectivity index (χ0n) is 68.2. The number of hydrogen-bond acceptors (Lipinski definition) is 3. The van der Waals surface area contributed by atoms with Crippen molar-refractivity contribution in [1.29, 1.82) is 0 Å². The smallest absolute Gasteiger partial charge is 0.408 e. The first-order valence-electron chi connectivity index (χ1n) is 43.0. The lowest BCUT2D eigenvalue weighted by atomic mass is 9.85. The van der Waals surface area contributed by atoms with Gasteiger partial charge in [-0.1, -0.05) is 306 Å². The SMILES string of the molecule is CCCCc1ccc(-c2cccc(OP(Oc3cccc(-c4ccc(CCCC)cc4CCCC)c3-c3ccc(CCCC)cc3CCCC)Oc3cccc(-c4ccc(CCCC)cc4CCCC)c3-c3ccc(CCCC)cc3CCCC)c2-c2ccc(CCCC)cc2CCCC)c(CCCC)c1. The third-order valence-electron chi connectivity index (χ3n) is 22.0. The van der Waals surface area contributed by atoms with Crippen LogP contribution in [0, 0.1) is 0 Å². The Morgan fingerprint density at radius 3 is 0.566 bits per heavy atom. The molecule has 0 N–H and O–H groups in total. The maximum absolute atomic E-state index is 8.19. The van der Waals surface area contributed by atoms with E-state index in [1.165, 1.54) is 155 Å². The largest absolute Gasteiger partial charge is 0.530 e. The average Bonchev–Trinajstić information content (AvgIpc) is 0.774. The number of rotatable bonds is 48. The van der Waals surface area contributed by atoms with Crippen LogP contribution in [0.4, 0.5) is 0 Å². The van der Waals surface area contributed by atoms with Crippen LogP contribution in [-0.2, 0) is 77.0 Å². The molecule has 0 spiro atoms. The summed E-state index contributed by atoms with van der Waals surface area (Å²) in [5.41, 5.74) is 31.3. The van der Waals surface area contributed by atoms with E-state index in [2.05, 4.69) is 247 Å². The summed E-state index contributed by atoms with van der Waals surface area (Å²) < 4.78 is 24.6. The van der Waals surface area contributed by atoms with Gasteiger partial charge in [-0.15, -0.1) is 0 Å². The molecule has 0 saturated heterocycles. The van der Waals surface area contributed by atoms with Gasteiger partial charge in [0.15, 0.2) is 0 Å². The van der Waals surface area contributed by atoms with E-state index in [1.807, 2.05) is 0 Å². The lowest BCUT2D eigenvalue weighted by Gasteiger charge is -2.27. The first kappa shape index (κ1) is 82.9. The topological polar surface area (TPSA) is 27.7 Å². The summed E-state index contributed by atoms with van der Waals surface area (Å²) >= 11 is 0. The molecule has 0 atom stereocenters. The van der Waals surface area contributed by atoms with Gasteiger partial charge in [-0.05, 0) is 289 Å². The number of aryl methyl sites for hydroxylation is 12. The van der Waals surface area contributed by atoms with Gasteiger partial charge in [-0.3, -0.25) is 0 Å². The van der Waals surface area contributed by atoms with E-state index >= 15 is 0 Å². The van der Waals surface area contributed by atoms with Crippen LogP contribution in [0.3, 0.4) is 0 Å². The van der Waals surface area contributed by atoms with Gasteiger partial charge in [-0.2, -0.15) is 0 Å². The minimum Gasteiger partial charge on any atom is -0.408 e. The van der Waals surface area contributed by atoms with Crippen molar-refractivity contribution in [1.82, 2.24) is 0 Å². The minimum absolute atomic E-state index is 0.774. The molecule has 0 saturated carbocycles. The van der Waals surface area contributed by atoms with Crippen LogP contribution in [0.15, 0.2) is 164 Å². The van der Waals surface area contributed by atoms with Gasteiger partial charge in [0, 0.05) is 16.7 Å². The Labute approximate surface area is 647 Å². The molecule has 0 aliphatic rings. The van der Waals surface area contributed by atoms with Crippen LogP contribution in [0.2, 0.25) is 0 Å². The predicted molar refractivity (Wildman–Crippen MR) is 464 cm³/mol. The molecule has 0 fully saturated rings. The van der Waals surface area contributed by atoms with E-state index in [1.54, 1.807) is 0 Å². The summed E-state index contributed by atoms with van der Waals surface area (Å²) in [6.45, 7) is 27.9. The number of hydrogen-bond donors (Lipinski definition) is 0. The highest BCUT2D eigenvalue weighted by Gasteiger charge is 2.31. The van der Waals surface area contributed by atoms with E-state index < -0.39 is 8.60 Å². The molecule has 4 heteroatoms. The van der Waals surface area contributed by atoms with Crippen LogP contribution in [-0.4, -0.2) is 0 Å². The molecule has 566 valence electrons. The molecule has 0 aliphatic carbocycles. The Balaban J connectivity index is 1.41. The number of unbranched alkanes of at least 4 members (excludes halogenated alkanes) is 12. The summed E-state index contributed by atoms with van der Waals surface area (Å²) in [6.07, 6.45) is 39.7. The maximum Gasteiger partial charge on any atom is 0.530 e. The van der Waals surface area contributed by atoms with E-state index in [-0.39, 0.29) is 0 Å². The molecule has 0 aliphatic heterocycles. The van der Waals surface area contributed by atoms with E-state index in [4.69, 9.17) is 13.6 Å². The molecule has 9 rings (SSSR count). The standard InChI is InChI=1S/C102H135O3P/c1-13-25-40-76-58-64-88(82(70-76)46-31-19-7)94-52-37-55-97(100(94)91-67-61-79(43-28-16-4)73-85(91)49-34-22-10)103-106(104-98-56-38-53-95(89-65-59-77(41-26-14-2)71-83(89)47-32-20-8)101(98)92-68-62-80(44-29-17-5)74-86(92)50-35-23-11)105-99-57-39-54-96(90-66-60-78(42-27-15-3)72-84(90)48-33-21-9)102(99)93-69-63-81(45-30-18-6)75-87(93)51-36-24-12/h37-39,52-75H,13-36,40-51H2,1-12H3. The third-order valence-corrected chi connectivity index (χ3v) is 23.0. The summed E-state index contributed by atoms with van der Waals surface area (Å²) in [5.74, 6) is 2.32. The van der Waals surface area contributed by atoms with Gasteiger partial charge in [0.05, 0.1) is 0 Å². The Bertz CT molecular complexity index is 3710. The lowest BCUT2D eigenvalue weighted by molar-refractivity contribution is 0.390. The molecule has 0 unspecified atom stereocenters. The molecule has 0 heterocycles. The Morgan fingerprint density at radius 1 is 0.189 bits per heavy atom. The second-order valence-corrected chi connectivity index (χ2v) is 31.7. The molecule has 9 aromatic rings. The first-order chi connectivity index (χ1) is 52.1. The summed E-state index contributed by atoms with van der Waals surface area (Å²) in [4.78, 5) is 0. The molecule has 106 heavy (non-hydrogen) atoms. The molecule has 0 radical (unpaired) electrons. The van der Waals surface area contributed by atoms with Crippen LogP contribution in [0.1, 0.15) is 304 Å². The van der Waals surface area contributed by atoms with Crippen molar-refractivity contribution in [3.8, 4) is 84.0 Å². The predicted octanol–water partition coefficient (Wildman–Crippen LogP) is 31.6. The van der Waals surface area contributed by atoms with E-state index in [0.717, 1.165) is 227 Å². The van der Waals surface area contributed by atoms with Crippen molar-refractivity contribution in [3.63, 3.8) is 0 Å². The Morgan fingerprint density at radius 2 is 0.368 bits per heavy atom.